The smallest absolute Gasteiger partial charge is 0.282 e. The highest BCUT2D eigenvalue weighted by molar-refractivity contribution is 5.96. The van der Waals surface area contributed by atoms with Crippen molar-refractivity contribution in [1.82, 2.24) is 4.90 Å². The number of piperazine rings is 1. The Morgan fingerprint density at radius 3 is 2.13 bits per heavy atom. The van der Waals surface area contributed by atoms with Crippen molar-refractivity contribution in [2.75, 3.05) is 31.5 Å². The molecule has 0 aromatic heterocycles. The second kappa shape index (κ2) is 7.37. The number of ketones is 1. The van der Waals surface area contributed by atoms with Crippen molar-refractivity contribution in [3.63, 3.8) is 0 Å². The molecule has 0 spiro atoms. The van der Waals surface area contributed by atoms with Gasteiger partial charge in [0.05, 0.1) is 26.2 Å². The van der Waals surface area contributed by atoms with E-state index in [1.54, 1.807) is 31.2 Å². The molecule has 2 amide bonds. The lowest BCUT2D eigenvalue weighted by Crippen LogP contribution is -3.19. The van der Waals surface area contributed by atoms with Crippen molar-refractivity contribution in [3.05, 3.63) is 29.8 Å². The summed E-state index contributed by atoms with van der Waals surface area (Å²) in [6.45, 7) is 7.92. The van der Waals surface area contributed by atoms with E-state index in [0.29, 0.717) is 24.3 Å². The molecular formula is C17H24N3O3+. The molecule has 1 saturated heterocycles. The average Bonchev–Trinajstić information content (AvgIpc) is 2.54. The minimum atomic E-state index is -0.184. The van der Waals surface area contributed by atoms with Gasteiger partial charge in [-0.25, -0.2) is 0 Å². The summed E-state index contributed by atoms with van der Waals surface area (Å²) in [5.74, 6) is 0.0441. The van der Waals surface area contributed by atoms with E-state index < -0.39 is 0 Å². The summed E-state index contributed by atoms with van der Waals surface area (Å²) in [4.78, 5) is 38.0. The zero-order valence-corrected chi connectivity index (χ0v) is 13.9. The molecule has 1 heterocycles. The minimum Gasteiger partial charge on any atom is -0.332 e. The first-order valence-corrected chi connectivity index (χ1v) is 7.90. The Hall–Kier alpha value is -2.21. The summed E-state index contributed by atoms with van der Waals surface area (Å²) in [6.07, 6.45) is 0. The second-order valence-corrected chi connectivity index (χ2v) is 6.01. The van der Waals surface area contributed by atoms with Gasteiger partial charge in [-0.3, -0.25) is 14.4 Å². The number of benzene rings is 1. The largest absolute Gasteiger partial charge is 0.332 e. The van der Waals surface area contributed by atoms with E-state index >= 15 is 0 Å². The van der Waals surface area contributed by atoms with Gasteiger partial charge in [-0.15, -0.1) is 0 Å². The Bertz CT molecular complexity index is 590. The SMILES string of the molecule is CC(=O)c1ccc(NC(=O)[C@H](C)[NH+]2CCN(C(C)=O)CC2)cc1. The Balaban J connectivity index is 1.90. The van der Waals surface area contributed by atoms with Gasteiger partial charge in [-0.05, 0) is 38.1 Å². The molecule has 0 aliphatic carbocycles. The summed E-state index contributed by atoms with van der Waals surface area (Å²) in [6, 6.07) is 6.72. The van der Waals surface area contributed by atoms with Crippen molar-refractivity contribution in [3.8, 4) is 0 Å². The maximum atomic E-state index is 12.4. The van der Waals surface area contributed by atoms with Crippen molar-refractivity contribution in [2.24, 2.45) is 0 Å². The molecule has 0 bridgehead atoms. The van der Waals surface area contributed by atoms with Crippen LogP contribution in [-0.2, 0) is 9.59 Å². The van der Waals surface area contributed by atoms with E-state index in [1.807, 2.05) is 11.8 Å². The van der Waals surface area contributed by atoms with Crippen LogP contribution in [0.25, 0.3) is 0 Å². The average molecular weight is 318 g/mol. The van der Waals surface area contributed by atoms with E-state index in [0.717, 1.165) is 13.1 Å². The molecule has 1 fully saturated rings. The van der Waals surface area contributed by atoms with Crippen molar-refractivity contribution >= 4 is 23.3 Å². The Morgan fingerprint density at radius 2 is 1.65 bits per heavy atom. The number of carbonyl (C=O) groups is 3. The van der Waals surface area contributed by atoms with Crippen LogP contribution in [0.3, 0.4) is 0 Å². The highest BCUT2D eigenvalue weighted by Gasteiger charge is 2.29. The van der Waals surface area contributed by atoms with Gasteiger partial charge in [0.25, 0.3) is 5.91 Å². The summed E-state index contributed by atoms with van der Waals surface area (Å²) in [5.41, 5.74) is 1.32. The molecule has 1 aromatic rings. The third kappa shape index (κ3) is 4.39. The van der Waals surface area contributed by atoms with Gasteiger partial charge >= 0.3 is 0 Å². The van der Waals surface area contributed by atoms with Crippen LogP contribution in [0.4, 0.5) is 5.69 Å². The molecule has 6 heteroatoms. The summed E-state index contributed by atoms with van der Waals surface area (Å²) < 4.78 is 0. The fourth-order valence-corrected chi connectivity index (χ4v) is 2.77. The number of anilines is 1. The Labute approximate surface area is 136 Å². The number of hydrogen-bond donors (Lipinski definition) is 2. The number of nitrogens with one attached hydrogen (secondary N) is 2. The summed E-state index contributed by atoms with van der Waals surface area (Å²) in [5, 5.41) is 2.89. The van der Waals surface area contributed by atoms with Gasteiger partial charge in [0.1, 0.15) is 0 Å². The molecule has 1 aliphatic rings. The second-order valence-electron chi connectivity index (χ2n) is 6.01. The Morgan fingerprint density at radius 1 is 1.09 bits per heavy atom. The molecule has 2 N–H and O–H groups in total. The topological polar surface area (TPSA) is 70.9 Å². The number of Topliss-reactive ketones (excluding diaryl/α,β-unsaturated/α-hetero) is 1. The molecular weight excluding hydrogens is 294 g/mol. The van der Waals surface area contributed by atoms with Gasteiger partial charge in [-0.2, -0.15) is 0 Å². The predicted octanol–water partition coefficient (Wildman–Crippen LogP) is -0.0368. The van der Waals surface area contributed by atoms with Crippen LogP contribution in [0, 0.1) is 0 Å². The first-order valence-electron chi connectivity index (χ1n) is 7.90. The lowest BCUT2D eigenvalue weighted by molar-refractivity contribution is -0.917. The first kappa shape index (κ1) is 17.1. The van der Waals surface area contributed by atoms with Crippen LogP contribution in [0.2, 0.25) is 0 Å². The zero-order chi connectivity index (χ0) is 17.0. The molecule has 1 aromatic carbocycles. The van der Waals surface area contributed by atoms with Gasteiger partial charge < -0.3 is 15.1 Å². The van der Waals surface area contributed by atoms with Gasteiger partial charge in [0.15, 0.2) is 11.8 Å². The number of amides is 2. The lowest BCUT2D eigenvalue weighted by Gasteiger charge is -2.34. The number of carbonyl (C=O) groups excluding carboxylic acids is 3. The number of rotatable bonds is 4. The van der Waals surface area contributed by atoms with Crippen LogP contribution in [0.5, 0.6) is 0 Å². The van der Waals surface area contributed by atoms with E-state index in [2.05, 4.69) is 5.32 Å². The molecule has 0 unspecified atom stereocenters. The summed E-state index contributed by atoms with van der Waals surface area (Å²) >= 11 is 0. The molecule has 124 valence electrons. The van der Waals surface area contributed by atoms with Crippen LogP contribution in [0.1, 0.15) is 31.1 Å². The molecule has 0 saturated carbocycles. The fourth-order valence-electron chi connectivity index (χ4n) is 2.77. The maximum Gasteiger partial charge on any atom is 0.282 e. The molecule has 23 heavy (non-hydrogen) atoms. The van der Waals surface area contributed by atoms with Crippen molar-refractivity contribution in [1.29, 1.82) is 0 Å². The quantitative estimate of drug-likeness (QED) is 0.766. The summed E-state index contributed by atoms with van der Waals surface area (Å²) in [7, 11) is 0. The van der Waals surface area contributed by atoms with E-state index in [4.69, 9.17) is 0 Å². The van der Waals surface area contributed by atoms with E-state index in [1.165, 1.54) is 11.8 Å². The normalized spacial score (nSPS) is 16.7. The molecule has 0 radical (unpaired) electrons. The van der Waals surface area contributed by atoms with Crippen LogP contribution < -0.4 is 10.2 Å². The third-order valence-corrected chi connectivity index (χ3v) is 4.42. The van der Waals surface area contributed by atoms with Gasteiger partial charge in [-0.1, -0.05) is 0 Å². The minimum absolute atomic E-state index is 0.00373. The third-order valence-electron chi connectivity index (χ3n) is 4.42. The number of nitrogens with zero attached hydrogens (tertiary/aromatic N) is 1. The molecule has 2 rings (SSSR count). The van der Waals surface area contributed by atoms with E-state index in [-0.39, 0.29) is 23.6 Å². The van der Waals surface area contributed by atoms with Crippen molar-refractivity contribution < 1.29 is 19.3 Å². The molecule has 6 nitrogen and oxygen atoms in total. The number of quaternary nitrogens is 1. The van der Waals surface area contributed by atoms with Crippen molar-refractivity contribution in [2.45, 2.75) is 26.8 Å². The van der Waals surface area contributed by atoms with Gasteiger partial charge in [0, 0.05) is 18.2 Å². The predicted molar refractivity (Wildman–Crippen MR) is 87.5 cm³/mol. The van der Waals surface area contributed by atoms with Gasteiger partial charge in [0.2, 0.25) is 5.91 Å². The number of hydrogen-bond acceptors (Lipinski definition) is 3. The van der Waals surface area contributed by atoms with Crippen LogP contribution in [0.15, 0.2) is 24.3 Å². The Kier molecular flexibility index (Phi) is 5.50. The fraction of sp³-hybridized carbons (Fsp3) is 0.471. The van der Waals surface area contributed by atoms with Crippen LogP contribution in [-0.4, -0.2) is 54.7 Å². The highest BCUT2D eigenvalue weighted by Crippen LogP contribution is 2.10. The van der Waals surface area contributed by atoms with Crippen LogP contribution >= 0.6 is 0 Å². The highest BCUT2D eigenvalue weighted by atomic mass is 16.2. The van der Waals surface area contributed by atoms with E-state index in [9.17, 15) is 14.4 Å². The zero-order valence-electron chi connectivity index (χ0n) is 13.9. The molecule has 1 atom stereocenters. The standard InChI is InChI=1S/C17H23N3O3/c1-12(19-8-10-20(11-9-19)14(3)22)17(23)18-16-6-4-15(5-7-16)13(2)21/h4-7,12H,8-11H2,1-3H3,(H,18,23)/p+1/t12-/m0/s1. The first-order chi connectivity index (χ1) is 10.9. The molecule has 1 aliphatic heterocycles. The lowest BCUT2D eigenvalue weighted by atomic mass is 10.1. The monoisotopic (exact) mass is 318 g/mol. The maximum absolute atomic E-state index is 12.4.